The van der Waals surface area contributed by atoms with Crippen LogP contribution < -0.4 is 16.0 Å². The molecule has 2 fully saturated rings. The van der Waals surface area contributed by atoms with E-state index in [1.54, 1.807) is 12.1 Å². The highest BCUT2D eigenvalue weighted by Gasteiger charge is 2.40. The molecule has 1 aliphatic carbocycles. The van der Waals surface area contributed by atoms with E-state index in [9.17, 15) is 14.4 Å². The van der Waals surface area contributed by atoms with Crippen LogP contribution in [0.3, 0.4) is 0 Å². The van der Waals surface area contributed by atoms with E-state index in [2.05, 4.69) is 16.0 Å². The molecule has 138 valence electrons. The van der Waals surface area contributed by atoms with Gasteiger partial charge in [-0.25, -0.2) is 9.69 Å². The summed E-state index contributed by atoms with van der Waals surface area (Å²) in [5, 5.41) is 2.26. The van der Waals surface area contributed by atoms with E-state index >= 15 is 0 Å². The first-order valence-corrected chi connectivity index (χ1v) is 9.01. The van der Waals surface area contributed by atoms with Crippen LogP contribution in [0.4, 0.5) is 10.5 Å². The van der Waals surface area contributed by atoms with Crippen molar-refractivity contribution in [3.63, 3.8) is 0 Å². The number of barbiturate groups is 1. The van der Waals surface area contributed by atoms with Crippen molar-refractivity contribution in [1.29, 1.82) is 0 Å². The molecular weight excluding hydrogens is 332 g/mol. The maximum absolute atomic E-state index is 12.8. The first kappa shape index (κ1) is 18.3. The minimum atomic E-state index is -1.09. The molecule has 26 heavy (non-hydrogen) atoms. The van der Waals surface area contributed by atoms with E-state index in [-0.39, 0.29) is 12.1 Å². The summed E-state index contributed by atoms with van der Waals surface area (Å²) in [7, 11) is 0. The molecule has 7 heteroatoms. The highest BCUT2D eigenvalue weighted by atomic mass is 16.2. The summed E-state index contributed by atoms with van der Waals surface area (Å²) in [5.41, 5.74) is 6.59. The Morgan fingerprint density at radius 1 is 1.15 bits per heavy atom. The average Bonchev–Trinajstić information content (AvgIpc) is 2.59. The molecule has 0 spiro atoms. The third-order valence-corrected chi connectivity index (χ3v) is 5.25. The number of nitrogens with zero attached hydrogens (tertiary/aromatic N) is 2. The minimum Gasteiger partial charge on any atom is -0.353 e. The summed E-state index contributed by atoms with van der Waals surface area (Å²) in [4.78, 5) is 42.7. The minimum absolute atomic E-state index is 0.0250. The Bertz CT molecular complexity index is 774. The largest absolute Gasteiger partial charge is 0.353 e. The highest BCUT2D eigenvalue weighted by Crippen LogP contribution is 2.24. The summed E-state index contributed by atoms with van der Waals surface area (Å²) in [6.07, 6.45) is 5.52. The Balaban J connectivity index is 1.84. The van der Waals surface area contributed by atoms with E-state index in [1.807, 2.05) is 19.9 Å². The van der Waals surface area contributed by atoms with Crippen LogP contribution >= 0.6 is 0 Å². The van der Waals surface area contributed by atoms with Gasteiger partial charge in [-0.05, 0) is 49.9 Å². The van der Waals surface area contributed by atoms with Crippen molar-refractivity contribution < 1.29 is 20.1 Å². The van der Waals surface area contributed by atoms with Crippen molar-refractivity contribution in [2.75, 3.05) is 4.90 Å². The van der Waals surface area contributed by atoms with Crippen molar-refractivity contribution in [3.05, 3.63) is 29.3 Å². The maximum Gasteiger partial charge on any atom is 0.335 e. The number of quaternary nitrogens is 1. The number of imide groups is 2. The van der Waals surface area contributed by atoms with Gasteiger partial charge in [0.15, 0.2) is 5.92 Å². The van der Waals surface area contributed by atoms with Gasteiger partial charge < -0.3 is 5.73 Å². The molecule has 1 aromatic carbocycles. The number of rotatable bonds is 3. The van der Waals surface area contributed by atoms with Crippen molar-refractivity contribution in [2.45, 2.75) is 51.6 Å². The van der Waals surface area contributed by atoms with E-state index in [4.69, 9.17) is 0 Å². The van der Waals surface area contributed by atoms with Gasteiger partial charge in [0.1, 0.15) is 12.1 Å². The SMILES string of the molecule is Cc1ccc(N2C(=O)NC(=O)[C@@H](C=N[C@@H]3CCCC[C@H]3[NH3+])C2=O)cc1C. The van der Waals surface area contributed by atoms with E-state index < -0.39 is 23.8 Å². The molecule has 3 rings (SSSR count). The topological polar surface area (TPSA) is 106 Å². The van der Waals surface area contributed by atoms with Gasteiger partial charge in [0.25, 0.3) is 5.91 Å². The summed E-state index contributed by atoms with van der Waals surface area (Å²) in [6, 6.07) is 4.82. The Hall–Kier alpha value is -2.54. The monoisotopic (exact) mass is 357 g/mol. The zero-order valence-corrected chi connectivity index (χ0v) is 15.2. The summed E-state index contributed by atoms with van der Waals surface area (Å²) < 4.78 is 0. The number of benzene rings is 1. The maximum atomic E-state index is 12.8. The molecule has 1 saturated heterocycles. The van der Waals surface area contributed by atoms with Gasteiger partial charge in [0.2, 0.25) is 5.91 Å². The summed E-state index contributed by atoms with van der Waals surface area (Å²) >= 11 is 0. The van der Waals surface area contributed by atoms with Gasteiger partial charge in [-0.3, -0.25) is 19.9 Å². The van der Waals surface area contributed by atoms with Crippen molar-refractivity contribution in [1.82, 2.24) is 5.32 Å². The molecule has 4 amide bonds. The van der Waals surface area contributed by atoms with Crippen LogP contribution in [-0.4, -0.2) is 36.1 Å². The predicted octanol–water partition coefficient (Wildman–Crippen LogP) is 1.13. The van der Waals surface area contributed by atoms with Crippen molar-refractivity contribution in [3.8, 4) is 0 Å². The van der Waals surface area contributed by atoms with Gasteiger partial charge in [-0.2, -0.15) is 0 Å². The molecule has 3 atom stereocenters. The molecule has 1 aliphatic heterocycles. The molecule has 0 unspecified atom stereocenters. The number of hydrogen-bond donors (Lipinski definition) is 2. The molecule has 1 aromatic rings. The fraction of sp³-hybridized carbons (Fsp3) is 0.474. The lowest BCUT2D eigenvalue weighted by Crippen LogP contribution is -2.66. The first-order valence-electron chi connectivity index (χ1n) is 9.01. The molecule has 2 aliphatic rings. The lowest BCUT2D eigenvalue weighted by atomic mass is 9.91. The molecule has 7 nitrogen and oxygen atoms in total. The zero-order valence-electron chi connectivity index (χ0n) is 15.2. The van der Waals surface area contributed by atoms with Gasteiger partial charge in [-0.15, -0.1) is 0 Å². The number of aryl methyl sites for hydroxylation is 2. The van der Waals surface area contributed by atoms with Crippen LogP contribution in [0.25, 0.3) is 0 Å². The lowest BCUT2D eigenvalue weighted by Gasteiger charge is -2.29. The number of carbonyl (C=O) groups excluding carboxylic acids is 3. The summed E-state index contributed by atoms with van der Waals surface area (Å²) in [5.74, 6) is -2.29. The van der Waals surface area contributed by atoms with Crippen LogP contribution in [0.15, 0.2) is 23.2 Å². The van der Waals surface area contributed by atoms with Gasteiger partial charge in [0.05, 0.1) is 5.69 Å². The third-order valence-electron chi connectivity index (χ3n) is 5.25. The number of anilines is 1. The van der Waals surface area contributed by atoms with Crippen LogP contribution in [0.5, 0.6) is 0 Å². The fourth-order valence-corrected chi connectivity index (χ4v) is 3.41. The average molecular weight is 357 g/mol. The van der Waals surface area contributed by atoms with Crippen molar-refractivity contribution in [2.24, 2.45) is 10.9 Å². The second kappa shape index (κ2) is 7.37. The zero-order chi connectivity index (χ0) is 18.8. The Labute approximate surface area is 152 Å². The number of amides is 4. The second-order valence-corrected chi connectivity index (χ2v) is 7.12. The van der Waals surface area contributed by atoms with E-state index in [0.29, 0.717) is 5.69 Å². The van der Waals surface area contributed by atoms with Crippen LogP contribution in [0.2, 0.25) is 0 Å². The number of aliphatic imine (C=N–C) groups is 1. The molecule has 0 radical (unpaired) electrons. The summed E-state index contributed by atoms with van der Waals surface area (Å²) in [6.45, 7) is 3.86. The van der Waals surface area contributed by atoms with Crippen LogP contribution in [-0.2, 0) is 9.59 Å². The second-order valence-electron chi connectivity index (χ2n) is 7.12. The first-order chi connectivity index (χ1) is 12.4. The predicted molar refractivity (Wildman–Crippen MR) is 97.9 cm³/mol. The molecule has 1 saturated carbocycles. The quantitative estimate of drug-likeness (QED) is 0.625. The molecule has 0 bridgehead atoms. The van der Waals surface area contributed by atoms with E-state index in [1.165, 1.54) is 6.21 Å². The van der Waals surface area contributed by atoms with Crippen LogP contribution in [0, 0.1) is 19.8 Å². The molecular formula is C19H25N4O3+. The number of carbonyl (C=O) groups is 3. The standard InChI is InChI=1S/C19H24N4O3/c1-11-7-8-13(9-12(11)2)23-18(25)14(17(24)22-19(23)26)10-21-16-6-4-3-5-15(16)20/h7-10,14-16H,3-6,20H2,1-2H3,(H,22,24,26)/p+1/t14-,15-,16-/m1/s1. The highest BCUT2D eigenvalue weighted by molar-refractivity contribution is 6.32. The fourth-order valence-electron chi connectivity index (χ4n) is 3.41. The van der Waals surface area contributed by atoms with Crippen LogP contribution in [0.1, 0.15) is 36.8 Å². The van der Waals surface area contributed by atoms with E-state index in [0.717, 1.165) is 41.7 Å². The molecule has 0 aromatic heterocycles. The van der Waals surface area contributed by atoms with Gasteiger partial charge in [0, 0.05) is 12.6 Å². The number of urea groups is 1. The molecule has 1 heterocycles. The Morgan fingerprint density at radius 3 is 2.58 bits per heavy atom. The normalized spacial score (nSPS) is 27.1. The Morgan fingerprint density at radius 2 is 1.88 bits per heavy atom. The van der Waals surface area contributed by atoms with Crippen molar-refractivity contribution >= 4 is 29.7 Å². The van der Waals surface area contributed by atoms with Gasteiger partial charge >= 0.3 is 6.03 Å². The number of hydrogen-bond acceptors (Lipinski definition) is 4. The molecule has 4 N–H and O–H groups in total. The van der Waals surface area contributed by atoms with Gasteiger partial charge in [-0.1, -0.05) is 12.5 Å². The lowest BCUT2D eigenvalue weighted by molar-refractivity contribution is -0.428. The Kier molecular flexibility index (Phi) is 5.18. The third kappa shape index (κ3) is 3.53. The smallest absolute Gasteiger partial charge is 0.335 e. The number of nitrogens with one attached hydrogen (secondary N) is 1.